The molecule has 2 aromatic carbocycles. The minimum Gasteiger partial charge on any atom is -0.348 e. The van der Waals surface area contributed by atoms with Gasteiger partial charge in [0.1, 0.15) is 0 Å². The SMILES string of the molecule is CCc1ccc([C@H](C)NC(=O)CN2CCN(Cc3ccccc3)CC2)cc1. The van der Waals surface area contributed by atoms with Crippen LogP contribution in [0, 0.1) is 0 Å². The number of hydrogen-bond donors (Lipinski definition) is 1. The Balaban J connectivity index is 1.41. The second kappa shape index (κ2) is 9.67. The zero-order valence-electron chi connectivity index (χ0n) is 16.5. The lowest BCUT2D eigenvalue weighted by atomic mass is 10.1. The van der Waals surface area contributed by atoms with E-state index in [-0.39, 0.29) is 11.9 Å². The molecule has 0 aromatic heterocycles. The summed E-state index contributed by atoms with van der Waals surface area (Å²) in [5.74, 6) is 0.110. The maximum absolute atomic E-state index is 12.4. The molecule has 144 valence electrons. The van der Waals surface area contributed by atoms with Gasteiger partial charge in [-0.15, -0.1) is 0 Å². The summed E-state index contributed by atoms with van der Waals surface area (Å²) < 4.78 is 0. The van der Waals surface area contributed by atoms with Crippen LogP contribution in [0.2, 0.25) is 0 Å². The molecular formula is C23H31N3O. The van der Waals surface area contributed by atoms with Crippen molar-refractivity contribution in [3.05, 3.63) is 71.3 Å². The zero-order chi connectivity index (χ0) is 19.1. The smallest absolute Gasteiger partial charge is 0.234 e. The van der Waals surface area contributed by atoms with Gasteiger partial charge in [0.05, 0.1) is 12.6 Å². The van der Waals surface area contributed by atoms with E-state index in [2.05, 4.69) is 83.6 Å². The molecule has 1 saturated heterocycles. The third kappa shape index (κ3) is 5.91. The molecule has 1 aliphatic rings. The second-order valence-electron chi connectivity index (χ2n) is 7.42. The summed E-state index contributed by atoms with van der Waals surface area (Å²) in [5.41, 5.74) is 3.84. The molecule has 0 radical (unpaired) electrons. The number of amides is 1. The number of carbonyl (C=O) groups is 1. The van der Waals surface area contributed by atoms with Crippen LogP contribution in [0.4, 0.5) is 0 Å². The molecule has 0 spiro atoms. The van der Waals surface area contributed by atoms with Crippen molar-refractivity contribution in [1.29, 1.82) is 0 Å². The number of nitrogens with one attached hydrogen (secondary N) is 1. The predicted molar refractivity (Wildman–Crippen MR) is 111 cm³/mol. The highest BCUT2D eigenvalue weighted by Gasteiger charge is 2.19. The molecule has 1 amide bonds. The molecule has 1 aliphatic heterocycles. The molecule has 27 heavy (non-hydrogen) atoms. The predicted octanol–water partition coefficient (Wildman–Crippen LogP) is 3.24. The topological polar surface area (TPSA) is 35.6 Å². The summed E-state index contributed by atoms with van der Waals surface area (Å²) in [6.07, 6.45) is 1.04. The average Bonchev–Trinajstić information content (AvgIpc) is 2.70. The minimum absolute atomic E-state index is 0.0442. The third-order valence-electron chi connectivity index (χ3n) is 5.35. The molecule has 0 aliphatic carbocycles. The van der Waals surface area contributed by atoms with E-state index in [4.69, 9.17) is 0 Å². The lowest BCUT2D eigenvalue weighted by Crippen LogP contribution is -2.49. The van der Waals surface area contributed by atoms with E-state index in [9.17, 15) is 4.79 Å². The fraction of sp³-hybridized carbons (Fsp3) is 0.435. The van der Waals surface area contributed by atoms with E-state index in [0.717, 1.165) is 44.7 Å². The highest BCUT2D eigenvalue weighted by Crippen LogP contribution is 2.14. The molecule has 0 saturated carbocycles. The van der Waals surface area contributed by atoms with Crippen molar-refractivity contribution < 1.29 is 4.79 Å². The third-order valence-corrected chi connectivity index (χ3v) is 5.35. The van der Waals surface area contributed by atoms with E-state index >= 15 is 0 Å². The van der Waals surface area contributed by atoms with Gasteiger partial charge in [-0.1, -0.05) is 61.5 Å². The van der Waals surface area contributed by atoms with Crippen molar-refractivity contribution in [3.8, 4) is 0 Å². The molecule has 0 bridgehead atoms. The number of hydrogen-bond acceptors (Lipinski definition) is 3. The summed E-state index contributed by atoms with van der Waals surface area (Å²) in [7, 11) is 0. The molecule has 0 unspecified atom stereocenters. The average molecular weight is 366 g/mol. The summed E-state index contributed by atoms with van der Waals surface area (Å²) in [6, 6.07) is 19.1. The minimum atomic E-state index is 0.0442. The molecular weight excluding hydrogens is 334 g/mol. The number of aryl methyl sites for hydroxylation is 1. The lowest BCUT2D eigenvalue weighted by molar-refractivity contribution is -0.123. The first kappa shape index (κ1) is 19.6. The highest BCUT2D eigenvalue weighted by atomic mass is 16.2. The quantitative estimate of drug-likeness (QED) is 0.818. The Hall–Kier alpha value is -2.17. The van der Waals surface area contributed by atoms with Gasteiger partial charge < -0.3 is 5.32 Å². The maximum Gasteiger partial charge on any atom is 0.234 e. The maximum atomic E-state index is 12.4. The highest BCUT2D eigenvalue weighted by molar-refractivity contribution is 5.78. The first-order chi connectivity index (χ1) is 13.1. The van der Waals surface area contributed by atoms with E-state index in [1.165, 1.54) is 11.1 Å². The lowest BCUT2D eigenvalue weighted by Gasteiger charge is -2.34. The Morgan fingerprint density at radius 3 is 2.19 bits per heavy atom. The van der Waals surface area contributed by atoms with Crippen molar-refractivity contribution in [2.75, 3.05) is 32.7 Å². The molecule has 3 rings (SSSR count). The molecule has 1 atom stereocenters. The van der Waals surface area contributed by atoms with Crippen LogP contribution in [0.5, 0.6) is 0 Å². The van der Waals surface area contributed by atoms with E-state index in [1.54, 1.807) is 0 Å². The van der Waals surface area contributed by atoms with Crippen LogP contribution in [0.25, 0.3) is 0 Å². The van der Waals surface area contributed by atoms with Gasteiger partial charge in [0.2, 0.25) is 5.91 Å². The van der Waals surface area contributed by atoms with Crippen LogP contribution in [-0.4, -0.2) is 48.4 Å². The first-order valence-corrected chi connectivity index (χ1v) is 10.0. The van der Waals surface area contributed by atoms with E-state index < -0.39 is 0 Å². The van der Waals surface area contributed by atoms with Crippen molar-refractivity contribution in [1.82, 2.24) is 15.1 Å². The van der Waals surface area contributed by atoms with Gasteiger partial charge in [0.15, 0.2) is 0 Å². The van der Waals surface area contributed by atoms with E-state index in [1.807, 2.05) is 0 Å². The molecule has 2 aromatic rings. The molecule has 1 N–H and O–H groups in total. The van der Waals surface area contributed by atoms with Crippen molar-refractivity contribution in [2.24, 2.45) is 0 Å². The van der Waals surface area contributed by atoms with Crippen molar-refractivity contribution in [2.45, 2.75) is 32.9 Å². The van der Waals surface area contributed by atoms with Crippen LogP contribution in [0.3, 0.4) is 0 Å². The van der Waals surface area contributed by atoms with Gasteiger partial charge >= 0.3 is 0 Å². The normalized spacial score (nSPS) is 16.8. The standard InChI is InChI=1S/C23H31N3O/c1-3-20-9-11-22(12-10-20)19(2)24-23(27)18-26-15-13-25(14-16-26)17-21-7-5-4-6-8-21/h4-12,19H,3,13-18H2,1-2H3,(H,24,27)/t19-/m0/s1. The van der Waals surface area contributed by atoms with Crippen molar-refractivity contribution >= 4 is 5.91 Å². The van der Waals surface area contributed by atoms with Gasteiger partial charge in [-0.25, -0.2) is 0 Å². The molecule has 4 heteroatoms. The number of piperazine rings is 1. The number of benzene rings is 2. The van der Waals surface area contributed by atoms with Crippen LogP contribution in [0.15, 0.2) is 54.6 Å². The van der Waals surface area contributed by atoms with Gasteiger partial charge in [0.25, 0.3) is 0 Å². The Morgan fingerprint density at radius 1 is 0.926 bits per heavy atom. The van der Waals surface area contributed by atoms with Gasteiger partial charge in [-0.3, -0.25) is 14.6 Å². The summed E-state index contributed by atoms with van der Waals surface area (Å²) in [5, 5.41) is 3.14. The van der Waals surface area contributed by atoms with Crippen LogP contribution >= 0.6 is 0 Å². The van der Waals surface area contributed by atoms with Gasteiger partial charge in [-0.2, -0.15) is 0 Å². The van der Waals surface area contributed by atoms with Crippen LogP contribution in [-0.2, 0) is 17.8 Å². The molecule has 1 heterocycles. The Bertz CT molecular complexity index is 706. The molecule has 4 nitrogen and oxygen atoms in total. The number of rotatable bonds is 7. The zero-order valence-corrected chi connectivity index (χ0v) is 16.5. The fourth-order valence-corrected chi connectivity index (χ4v) is 3.56. The fourth-order valence-electron chi connectivity index (χ4n) is 3.56. The van der Waals surface area contributed by atoms with Crippen LogP contribution in [0.1, 0.15) is 36.6 Å². The Labute approximate surface area is 163 Å². The summed E-state index contributed by atoms with van der Waals surface area (Å²) in [4.78, 5) is 17.1. The largest absolute Gasteiger partial charge is 0.348 e. The van der Waals surface area contributed by atoms with Crippen molar-refractivity contribution in [3.63, 3.8) is 0 Å². The first-order valence-electron chi connectivity index (χ1n) is 10.0. The van der Waals surface area contributed by atoms with Crippen LogP contribution < -0.4 is 5.32 Å². The number of nitrogens with zero attached hydrogens (tertiary/aromatic N) is 2. The molecule has 1 fully saturated rings. The van der Waals surface area contributed by atoms with E-state index in [0.29, 0.717) is 6.54 Å². The monoisotopic (exact) mass is 365 g/mol. The van der Waals surface area contributed by atoms with Gasteiger partial charge in [-0.05, 0) is 30.0 Å². The Kier molecular flexibility index (Phi) is 7.02. The summed E-state index contributed by atoms with van der Waals surface area (Å²) in [6.45, 7) is 9.59. The Morgan fingerprint density at radius 2 is 1.56 bits per heavy atom. The summed E-state index contributed by atoms with van der Waals surface area (Å²) >= 11 is 0. The van der Waals surface area contributed by atoms with Gasteiger partial charge in [0, 0.05) is 32.7 Å². The second-order valence-corrected chi connectivity index (χ2v) is 7.42. The number of carbonyl (C=O) groups excluding carboxylic acids is 1.